The number of carbonyl (C=O) groups is 1. The van der Waals surface area contributed by atoms with Crippen molar-refractivity contribution in [2.75, 3.05) is 33.2 Å². The SMILES string of the molecule is C=CCOC[C@@H]1COc2ccc(OCOCC[Si](C)(C)C)c(c2)C[C@H](C(=O)O)Oc2ncnc3sc(Br)c(c23)-c2c(C)c(Cl)c(c(Cl)c2C)O1. The Hall–Kier alpha value is -2.91. The molecule has 0 amide bonds. The van der Waals surface area contributed by atoms with Crippen molar-refractivity contribution >= 4 is 74.7 Å². The monoisotopic (exact) mass is 824 g/mol. The summed E-state index contributed by atoms with van der Waals surface area (Å²) in [5, 5.41) is 11.6. The van der Waals surface area contributed by atoms with E-state index in [0.717, 1.165) is 9.83 Å². The topological polar surface area (TPSA) is 118 Å². The molecule has 15 heteroatoms. The highest BCUT2D eigenvalue weighted by Gasteiger charge is 2.30. The van der Waals surface area contributed by atoms with Crippen molar-refractivity contribution in [2.45, 2.75) is 58.2 Å². The molecule has 1 N–H and O–H groups in total. The molecule has 10 nitrogen and oxygen atoms in total. The van der Waals surface area contributed by atoms with Gasteiger partial charge in [-0.25, -0.2) is 14.8 Å². The summed E-state index contributed by atoms with van der Waals surface area (Å²) in [5.41, 5.74) is 3.30. The molecule has 0 spiro atoms. The highest BCUT2D eigenvalue weighted by atomic mass is 79.9. The summed E-state index contributed by atoms with van der Waals surface area (Å²) in [6, 6.07) is 6.16. The smallest absolute Gasteiger partial charge is 0.345 e. The molecule has 2 aliphatic rings. The van der Waals surface area contributed by atoms with Gasteiger partial charge in [0.05, 0.1) is 32.4 Å². The van der Waals surface area contributed by atoms with Crippen LogP contribution in [0.1, 0.15) is 16.7 Å². The quantitative estimate of drug-likeness (QED) is 0.0679. The Balaban J connectivity index is 1.63. The van der Waals surface area contributed by atoms with E-state index in [0.29, 0.717) is 78.5 Å². The minimum Gasteiger partial charge on any atom is -0.490 e. The van der Waals surface area contributed by atoms with Gasteiger partial charge in [0.15, 0.2) is 18.6 Å². The Kier molecular flexibility index (Phi) is 12.7. The number of aromatic nitrogens is 2. The van der Waals surface area contributed by atoms with Crippen molar-refractivity contribution < 1.29 is 38.3 Å². The second kappa shape index (κ2) is 16.6. The van der Waals surface area contributed by atoms with E-state index in [-0.39, 0.29) is 32.3 Å². The molecule has 0 saturated carbocycles. The molecule has 4 heterocycles. The lowest BCUT2D eigenvalue weighted by atomic mass is 9.95. The van der Waals surface area contributed by atoms with Crippen LogP contribution >= 0.6 is 50.5 Å². The van der Waals surface area contributed by atoms with Gasteiger partial charge in [-0.2, -0.15) is 0 Å². The zero-order valence-corrected chi connectivity index (χ0v) is 33.4. The summed E-state index contributed by atoms with van der Waals surface area (Å²) in [6.45, 7) is 15.4. The number of thiophene rings is 1. The summed E-state index contributed by atoms with van der Waals surface area (Å²) in [6.07, 6.45) is 0.922. The fraction of sp³-hybridized carbons (Fsp3) is 0.400. The maximum absolute atomic E-state index is 12.8. The molecule has 0 aliphatic carbocycles. The van der Waals surface area contributed by atoms with Gasteiger partial charge < -0.3 is 33.5 Å². The number of carboxylic acid groups (broad SMARTS) is 1. The van der Waals surface area contributed by atoms with E-state index in [1.54, 1.807) is 24.3 Å². The second-order valence-electron chi connectivity index (χ2n) is 13.0. The first kappa shape index (κ1) is 38.3. The number of aliphatic carboxylic acids is 1. The number of benzene rings is 2. The molecule has 2 aromatic carbocycles. The first-order valence-corrected chi connectivity index (χ1v) is 22.0. The van der Waals surface area contributed by atoms with E-state index in [1.165, 1.54) is 17.7 Å². The zero-order chi connectivity index (χ0) is 36.2. The molecule has 2 aliphatic heterocycles. The van der Waals surface area contributed by atoms with Crippen molar-refractivity contribution in [3.05, 3.63) is 67.7 Å². The highest BCUT2D eigenvalue weighted by molar-refractivity contribution is 9.11. The van der Waals surface area contributed by atoms with Crippen molar-refractivity contribution in [2.24, 2.45) is 0 Å². The van der Waals surface area contributed by atoms with Gasteiger partial charge in [-0.3, -0.25) is 0 Å². The van der Waals surface area contributed by atoms with Gasteiger partial charge in [0, 0.05) is 32.2 Å². The highest BCUT2D eigenvalue weighted by Crippen LogP contribution is 2.51. The molecule has 6 rings (SSSR count). The van der Waals surface area contributed by atoms with Gasteiger partial charge in [-0.05, 0) is 70.7 Å². The van der Waals surface area contributed by atoms with E-state index < -0.39 is 26.3 Å². The van der Waals surface area contributed by atoms with Gasteiger partial charge in [0.2, 0.25) is 12.0 Å². The number of ether oxygens (including phenoxy) is 6. The average molecular weight is 827 g/mol. The van der Waals surface area contributed by atoms with Crippen LogP contribution in [0.5, 0.6) is 23.1 Å². The van der Waals surface area contributed by atoms with Crippen LogP contribution in [0.4, 0.5) is 0 Å². The minimum absolute atomic E-state index is 0.00308. The van der Waals surface area contributed by atoms with E-state index in [2.05, 4.69) is 52.1 Å². The number of halogens is 3. The fourth-order valence-electron chi connectivity index (χ4n) is 5.37. The maximum atomic E-state index is 12.8. The van der Waals surface area contributed by atoms with Crippen molar-refractivity contribution in [1.29, 1.82) is 0 Å². The van der Waals surface area contributed by atoms with Gasteiger partial charge in [-0.1, -0.05) is 48.9 Å². The molecule has 4 bridgehead atoms. The molecular weight excluding hydrogens is 787 g/mol. The molecule has 268 valence electrons. The number of nitrogens with zero attached hydrogens (tertiary/aromatic N) is 2. The Morgan fingerprint density at radius 1 is 1.14 bits per heavy atom. The van der Waals surface area contributed by atoms with Crippen LogP contribution in [0.2, 0.25) is 35.7 Å². The Morgan fingerprint density at radius 2 is 1.88 bits per heavy atom. The third kappa shape index (κ3) is 8.93. The number of carboxylic acids is 1. The molecule has 0 saturated heterocycles. The molecule has 2 aromatic heterocycles. The molecule has 0 unspecified atom stereocenters. The summed E-state index contributed by atoms with van der Waals surface area (Å²) >= 11 is 19.1. The lowest BCUT2D eigenvalue weighted by molar-refractivity contribution is -0.145. The van der Waals surface area contributed by atoms with Gasteiger partial charge in [0.1, 0.15) is 29.3 Å². The molecule has 0 fully saturated rings. The minimum atomic E-state index is -1.36. The van der Waals surface area contributed by atoms with Crippen LogP contribution in [0.15, 0.2) is 41.0 Å². The summed E-state index contributed by atoms with van der Waals surface area (Å²) in [7, 11) is -1.29. The Morgan fingerprint density at radius 3 is 2.56 bits per heavy atom. The summed E-state index contributed by atoms with van der Waals surface area (Å²) in [5.74, 6) is 0.0875. The third-order valence-corrected chi connectivity index (χ3v) is 12.4. The normalized spacial score (nSPS) is 16.3. The molecule has 4 aromatic rings. The lowest BCUT2D eigenvalue weighted by Gasteiger charge is -2.24. The van der Waals surface area contributed by atoms with Gasteiger partial charge >= 0.3 is 5.97 Å². The van der Waals surface area contributed by atoms with Crippen LogP contribution in [0.25, 0.3) is 21.3 Å². The summed E-state index contributed by atoms with van der Waals surface area (Å²) < 4.78 is 37.2. The van der Waals surface area contributed by atoms with Crippen LogP contribution in [-0.2, 0) is 20.7 Å². The number of hydrogen-bond acceptors (Lipinski definition) is 10. The molecule has 2 atom stereocenters. The zero-order valence-electron chi connectivity index (χ0n) is 28.4. The molecule has 0 radical (unpaired) electrons. The second-order valence-corrected chi connectivity index (χ2v) is 21.7. The van der Waals surface area contributed by atoms with Crippen LogP contribution in [0.3, 0.4) is 0 Å². The summed E-state index contributed by atoms with van der Waals surface area (Å²) in [4.78, 5) is 22.3. The Labute approximate surface area is 314 Å². The van der Waals surface area contributed by atoms with Crippen LogP contribution < -0.4 is 18.9 Å². The van der Waals surface area contributed by atoms with Gasteiger partial charge in [-0.15, -0.1) is 17.9 Å². The predicted molar refractivity (Wildman–Crippen MR) is 203 cm³/mol. The molecule has 50 heavy (non-hydrogen) atoms. The number of hydrogen-bond donors (Lipinski definition) is 1. The standard InChI is InChI=1S/C35H39BrCl2N2O8SSi/c1-7-10-43-15-23-16-45-22-8-9-24(46-18-44-11-12-50(4,5)6)21(13-22)14-25(35(41)42)48-33-28-27(32(36)49-34(28)40-17-39-33)26-19(2)29(37)31(47-23)30(38)20(26)3/h7-9,13,17,23,25H,1,10-12,14-16,18H2,2-6H3,(H,41,42)/t23-,25-/m1/s1. The van der Waals surface area contributed by atoms with Crippen molar-refractivity contribution in [3.63, 3.8) is 0 Å². The maximum Gasteiger partial charge on any atom is 0.345 e. The molecular formula is C35H39BrCl2N2O8SSi. The van der Waals surface area contributed by atoms with Crippen LogP contribution in [-0.4, -0.2) is 74.5 Å². The third-order valence-electron chi connectivity index (χ3n) is 7.99. The number of rotatable bonds is 11. The van der Waals surface area contributed by atoms with E-state index >= 15 is 0 Å². The number of fused-ring (bicyclic) bond motifs is 7. The van der Waals surface area contributed by atoms with E-state index in [1.807, 2.05) is 13.8 Å². The largest absolute Gasteiger partial charge is 0.490 e. The lowest BCUT2D eigenvalue weighted by Crippen LogP contribution is -2.31. The van der Waals surface area contributed by atoms with Crippen molar-refractivity contribution in [1.82, 2.24) is 9.97 Å². The first-order valence-electron chi connectivity index (χ1n) is 15.9. The van der Waals surface area contributed by atoms with E-state index in [9.17, 15) is 9.90 Å². The van der Waals surface area contributed by atoms with Crippen molar-refractivity contribution in [3.8, 4) is 34.3 Å². The predicted octanol–water partition coefficient (Wildman–Crippen LogP) is 9.15. The van der Waals surface area contributed by atoms with Gasteiger partial charge in [0.25, 0.3) is 0 Å². The van der Waals surface area contributed by atoms with Crippen LogP contribution in [0, 0.1) is 13.8 Å². The first-order chi connectivity index (χ1) is 23.8. The fourth-order valence-corrected chi connectivity index (χ4v) is 8.36. The van der Waals surface area contributed by atoms with E-state index in [4.69, 9.17) is 51.6 Å². The average Bonchev–Trinajstić information content (AvgIpc) is 3.39. The Bertz CT molecular complexity index is 1860.